The van der Waals surface area contributed by atoms with Crippen molar-refractivity contribution in [3.05, 3.63) is 84.9 Å². The van der Waals surface area contributed by atoms with Crippen LogP contribution < -0.4 is 0 Å². The van der Waals surface area contributed by atoms with E-state index in [2.05, 4.69) is 66.7 Å². The van der Waals surface area contributed by atoms with Gasteiger partial charge in [0, 0.05) is 0 Å². The Morgan fingerprint density at radius 3 is 1.83 bits per heavy atom. The molecule has 3 aromatic rings. The minimum Gasteiger partial charge on any atom is -0.0622 e. The van der Waals surface area contributed by atoms with Crippen LogP contribution in [-0.4, -0.2) is 0 Å². The van der Waals surface area contributed by atoms with E-state index in [0.29, 0.717) is 0 Å². The lowest BCUT2D eigenvalue weighted by Crippen LogP contribution is -1.81. The lowest BCUT2D eigenvalue weighted by Gasteiger charge is -2.05. The molecule has 0 aliphatic carbocycles. The van der Waals surface area contributed by atoms with Gasteiger partial charge in [-0.05, 0) is 34.4 Å². The Labute approximate surface area is 108 Å². The van der Waals surface area contributed by atoms with E-state index in [4.69, 9.17) is 0 Å². The highest BCUT2D eigenvalue weighted by Gasteiger charge is 2.00. The van der Waals surface area contributed by atoms with Crippen LogP contribution in [-0.2, 0) is 0 Å². The molecule has 0 aliphatic rings. The lowest BCUT2D eigenvalue weighted by molar-refractivity contribution is 1.58. The Morgan fingerprint density at radius 1 is 0.556 bits per heavy atom. The summed E-state index contributed by atoms with van der Waals surface area (Å²) >= 11 is 0. The van der Waals surface area contributed by atoms with Crippen molar-refractivity contribution in [2.45, 2.75) is 0 Å². The number of hydrogen-bond acceptors (Lipinski definition) is 0. The topological polar surface area (TPSA) is 0 Å². The fourth-order valence-electron chi connectivity index (χ4n) is 2.06. The molecule has 85 valence electrons. The zero-order valence-corrected chi connectivity index (χ0v) is 10.0. The maximum atomic E-state index is 3.29. The fourth-order valence-corrected chi connectivity index (χ4v) is 2.06. The van der Waals surface area contributed by atoms with E-state index in [1.165, 1.54) is 16.7 Å². The monoisotopic (exact) mass is 229 g/mol. The predicted molar refractivity (Wildman–Crippen MR) is 76.2 cm³/mol. The van der Waals surface area contributed by atoms with Crippen molar-refractivity contribution in [3.8, 4) is 22.3 Å². The standard InChI is InChI=1S/C18H13/c1-3-8-15(9-4-1)17-12-7-13-18(14-17)16-10-5-2-6-11-16/h1-12,14H. The third kappa shape index (κ3) is 2.18. The Bertz CT molecular complexity index is 570. The average molecular weight is 229 g/mol. The highest BCUT2D eigenvalue weighted by atomic mass is 14.0. The smallest absolute Gasteiger partial charge is 0.00987 e. The Hall–Kier alpha value is -2.34. The minimum atomic E-state index is 1.14. The first-order valence-electron chi connectivity index (χ1n) is 6.06. The van der Waals surface area contributed by atoms with Crippen molar-refractivity contribution in [1.29, 1.82) is 0 Å². The van der Waals surface area contributed by atoms with Gasteiger partial charge in [0.1, 0.15) is 0 Å². The molecule has 0 heterocycles. The summed E-state index contributed by atoms with van der Waals surface area (Å²) in [5.41, 5.74) is 4.81. The van der Waals surface area contributed by atoms with E-state index >= 15 is 0 Å². The molecule has 0 amide bonds. The highest BCUT2D eigenvalue weighted by Crippen LogP contribution is 2.25. The molecule has 0 unspecified atom stereocenters. The quantitative estimate of drug-likeness (QED) is 0.591. The second kappa shape index (κ2) is 4.89. The average Bonchev–Trinajstić information content (AvgIpc) is 2.49. The largest absolute Gasteiger partial charge is 0.0622 e. The second-order valence-corrected chi connectivity index (χ2v) is 4.22. The van der Waals surface area contributed by atoms with Gasteiger partial charge in [0.2, 0.25) is 0 Å². The summed E-state index contributed by atoms with van der Waals surface area (Å²) in [7, 11) is 0. The highest BCUT2D eigenvalue weighted by molar-refractivity contribution is 5.72. The lowest BCUT2D eigenvalue weighted by atomic mass is 9.99. The van der Waals surface area contributed by atoms with E-state index in [1.54, 1.807) is 0 Å². The van der Waals surface area contributed by atoms with Crippen LogP contribution in [0.25, 0.3) is 22.3 Å². The molecule has 0 saturated carbocycles. The Kier molecular flexibility index (Phi) is 2.93. The van der Waals surface area contributed by atoms with Crippen LogP contribution in [0, 0.1) is 6.07 Å². The van der Waals surface area contributed by atoms with Gasteiger partial charge in [0.05, 0.1) is 0 Å². The maximum absolute atomic E-state index is 3.29. The first-order valence-corrected chi connectivity index (χ1v) is 6.06. The zero-order valence-electron chi connectivity index (χ0n) is 10.0. The molecule has 0 nitrogen and oxygen atoms in total. The summed E-state index contributed by atoms with van der Waals surface area (Å²) in [6, 6.07) is 30.4. The molecule has 3 rings (SSSR count). The Morgan fingerprint density at radius 2 is 1.17 bits per heavy atom. The molecule has 0 saturated heterocycles. The molecule has 18 heavy (non-hydrogen) atoms. The SMILES string of the molecule is [c]1ccc(-c2ccccc2)cc1-c1ccccc1. The number of rotatable bonds is 2. The summed E-state index contributed by atoms with van der Waals surface area (Å²) in [4.78, 5) is 0. The van der Waals surface area contributed by atoms with E-state index in [0.717, 1.165) is 5.56 Å². The minimum absolute atomic E-state index is 1.14. The summed E-state index contributed by atoms with van der Waals surface area (Å²) in [5, 5.41) is 0. The molecule has 1 radical (unpaired) electrons. The van der Waals surface area contributed by atoms with E-state index in [-0.39, 0.29) is 0 Å². The molecular formula is C18H13. The van der Waals surface area contributed by atoms with Gasteiger partial charge >= 0.3 is 0 Å². The van der Waals surface area contributed by atoms with Gasteiger partial charge < -0.3 is 0 Å². The molecule has 0 atom stereocenters. The van der Waals surface area contributed by atoms with Crippen LogP contribution in [0.15, 0.2) is 78.9 Å². The Balaban J connectivity index is 2.05. The molecule has 3 aromatic carbocycles. The van der Waals surface area contributed by atoms with Crippen molar-refractivity contribution in [1.82, 2.24) is 0 Å². The first kappa shape index (κ1) is 10.8. The van der Waals surface area contributed by atoms with Crippen molar-refractivity contribution in [2.75, 3.05) is 0 Å². The van der Waals surface area contributed by atoms with Gasteiger partial charge in [-0.25, -0.2) is 0 Å². The summed E-state index contributed by atoms with van der Waals surface area (Å²) in [5.74, 6) is 0. The summed E-state index contributed by atoms with van der Waals surface area (Å²) in [6.07, 6.45) is 0. The maximum Gasteiger partial charge on any atom is -0.00987 e. The van der Waals surface area contributed by atoms with Gasteiger partial charge in [0.25, 0.3) is 0 Å². The molecule has 0 N–H and O–H groups in total. The molecule has 0 fully saturated rings. The normalized spacial score (nSPS) is 10.2. The third-order valence-electron chi connectivity index (χ3n) is 2.99. The van der Waals surface area contributed by atoms with Gasteiger partial charge in [0.15, 0.2) is 0 Å². The van der Waals surface area contributed by atoms with Gasteiger partial charge in [-0.2, -0.15) is 0 Å². The van der Waals surface area contributed by atoms with E-state index in [1.807, 2.05) is 18.2 Å². The van der Waals surface area contributed by atoms with Gasteiger partial charge in [-0.1, -0.05) is 72.8 Å². The van der Waals surface area contributed by atoms with Crippen LogP contribution in [0.1, 0.15) is 0 Å². The molecule has 0 spiro atoms. The van der Waals surface area contributed by atoms with Crippen molar-refractivity contribution < 1.29 is 0 Å². The van der Waals surface area contributed by atoms with Crippen molar-refractivity contribution in [2.24, 2.45) is 0 Å². The molecule has 0 aromatic heterocycles. The van der Waals surface area contributed by atoms with E-state index in [9.17, 15) is 0 Å². The summed E-state index contributed by atoms with van der Waals surface area (Å²) < 4.78 is 0. The van der Waals surface area contributed by atoms with Gasteiger partial charge in [-0.3, -0.25) is 0 Å². The van der Waals surface area contributed by atoms with Crippen LogP contribution in [0.4, 0.5) is 0 Å². The van der Waals surface area contributed by atoms with Crippen LogP contribution >= 0.6 is 0 Å². The summed E-state index contributed by atoms with van der Waals surface area (Å²) in [6.45, 7) is 0. The van der Waals surface area contributed by atoms with Crippen LogP contribution in [0.2, 0.25) is 0 Å². The number of benzene rings is 3. The molecule has 0 aliphatic heterocycles. The molecular weight excluding hydrogens is 216 g/mol. The van der Waals surface area contributed by atoms with E-state index < -0.39 is 0 Å². The van der Waals surface area contributed by atoms with Crippen molar-refractivity contribution in [3.63, 3.8) is 0 Å². The predicted octanol–water partition coefficient (Wildman–Crippen LogP) is 4.82. The molecule has 0 bridgehead atoms. The van der Waals surface area contributed by atoms with Crippen LogP contribution in [0.3, 0.4) is 0 Å². The van der Waals surface area contributed by atoms with Crippen molar-refractivity contribution >= 4 is 0 Å². The molecule has 0 heteroatoms. The third-order valence-corrected chi connectivity index (χ3v) is 2.99. The fraction of sp³-hybridized carbons (Fsp3) is 0. The first-order chi connectivity index (χ1) is 8.93. The van der Waals surface area contributed by atoms with Crippen LogP contribution in [0.5, 0.6) is 0 Å². The van der Waals surface area contributed by atoms with Gasteiger partial charge in [-0.15, -0.1) is 0 Å². The number of hydrogen-bond donors (Lipinski definition) is 0. The second-order valence-electron chi connectivity index (χ2n) is 4.22. The zero-order chi connectivity index (χ0) is 12.2.